The number of aromatic nitrogens is 2. The number of aliphatic hydroxyl groups excluding tert-OH is 1. The van der Waals surface area contributed by atoms with Crippen LogP contribution in [0.1, 0.15) is 0 Å². The van der Waals surface area contributed by atoms with Gasteiger partial charge in [0.1, 0.15) is 22.8 Å². The van der Waals surface area contributed by atoms with E-state index in [2.05, 4.69) is 9.97 Å². The van der Waals surface area contributed by atoms with Gasteiger partial charge >= 0.3 is 0 Å². The average molecular weight is 303 g/mol. The number of benzene rings is 1. The van der Waals surface area contributed by atoms with Crippen molar-refractivity contribution in [1.82, 2.24) is 9.97 Å². The van der Waals surface area contributed by atoms with Crippen LogP contribution in [0.4, 0.5) is 10.2 Å². The molecule has 3 rings (SSSR count). The van der Waals surface area contributed by atoms with Crippen LogP contribution in [0.5, 0.6) is 0 Å². The molecule has 0 saturated heterocycles. The lowest BCUT2D eigenvalue weighted by Crippen LogP contribution is -2.22. The van der Waals surface area contributed by atoms with E-state index in [0.717, 1.165) is 27.2 Å². The molecular formula is C15H14FN3OS. The first-order chi connectivity index (χ1) is 10.2. The van der Waals surface area contributed by atoms with Gasteiger partial charge in [-0.15, -0.1) is 11.3 Å². The Morgan fingerprint density at radius 2 is 2.00 bits per heavy atom. The number of thiophene rings is 1. The van der Waals surface area contributed by atoms with Gasteiger partial charge in [0.2, 0.25) is 0 Å². The molecule has 3 aromatic rings. The van der Waals surface area contributed by atoms with Gasteiger partial charge in [0.05, 0.1) is 12.0 Å². The Balaban J connectivity index is 2.17. The van der Waals surface area contributed by atoms with E-state index in [1.165, 1.54) is 29.8 Å². The lowest BCUT2D eigenvalue weighted by Gasteiger charge is -2.18. The van der Waals surface area contributed by atoms with Crippen LogP contribution in [-0.4, -0.2) is 35.3 Å². The molecule has 0 aliphatic rings. The molecule has 4 nitrogen and oxygen atoms in total. The number of aliphatic hydroxyl groups is 1. The van der Waals surface area contributed by atoms with Gasteiger partial charge < -0.3 is 10.0 Å². The van der Waals surface area contributed by atoms with Crippen molar-refractivity contribution in [2.24, 2.45) is 0 Å². The van der Waals surface area contributed by atoms with Gasteiger partial charge in [-0.2, -0.15) is 0 Å². The Morgan fingerprint density at radius 1 is 1.24 bits per heavy atom. The maximum atomic E-state index is 13.1. The van der Waals surface area contributed by atoms with Crippen molar-refractivity contribution in [2.45, 2.75) is 0 Å². The summed E-state index contributed by atoms with van der Waals surface area (Å²) >= 11 is 1.53. The van der Waals surface area contributed by atoms with Gasteiger partial charge in [-0.3, -0.25) is 0 Å². The Morgan fingerprint density at radius 3 is 2.71 bits per heavy atom. The van der Waals surface area contributed by atoms with Crippen molar-refractivity contribution >= 4 is 27.4 Å². The zero-order valence-electron chi connectivity index (χ0n) is 11.5. The van der Waals surface area contributed by atoms with E-state index in [0.29, 0.717) is 6.54 Å². The lowest BCUT2D eigenvalue weighted by atomic mass is 10.1. The molecule has 0 fully saturated rings. The van der Waals surface area contributed by atoms with Crippen molar-refractivity contribution < 1.29 is 9.50 Å². The van der Waals surface area contributed by atoms with Crippen molar-refractivity contribution in [1.29, 1.82) is 0 Å². The second-order valence-electron chi connectivity index (χ2n) is 4.68. The number of hydrogen-bond donors (Lipinski definition) is 1. The summed E-state index contributed by atoms with van der Waals surface area (Å²) < 4.78 is 13.1. The van der Waals surface area contributed by atoms with E-state index < -0.39 is 0 Å². The number of halogens is 1. The molecular weight excluding hydrogens is 289 g/mol. The summed E-state index contributed by atoms with van der Waals surface area (Å²) in [6, 6.07) is 6.39. The van der Waals surface area contributed by atoms with Gasteiger partial charge in [-0.1, -0.05) is 12.1 Å². The van der Waals surface area contributed by atoms with E-state index in [1.54, 1.807) is 12.1 Å². The Bertz CT molecular complexity index is 757. The number of likely N-dealkylation sites (N-methyl/N-ethyl adjacent to an activating group) is 1. The molecule has 0 aliphatic carbocycles. The highest BCUT2D eigenvalue weighted by atomic mass is 32.1. The normalized spacial score (nSPS) is 11.0. The van der Waals surface area contributed by atoms with E-state index in [4.69, 9.17) is 5.11 Å². The van der Waals surface area contributed by atoms with Crippen LogP contribution in [0.2, 0.25) is 0 Å². The minimum absolute atomic E-state index is 0.0536. The van der Waals surface area contributed by atoms with Crippen molar-refractivity contribution in [2.75, 3.05) is 25.1 Å². The number of nitrogens with zero attached hydrogens (tertiary/aromatic N) is 3. The summed E-state index contributed by atoms with van der Waals surface area (Å²) in [6.07, 6.45) is 1.52. The van der Waals surface area contributed by atoms with Crippen molar-refractivity contribution in [3.8, 4) is 11.1 Å². The van der Waals surface area contributed by atoms with Gasteiger partial charge in [0, 0.05) is 24.5 Å². The molecule has 0 bridgehead atoms. The molecule has 2 heterocycles. The van der Waals surface area contributed by atoms with Crippen LogP contribution < -0.4 is 4.90 Å². The van der Waals surface area contributed by atoms with Crippen LogP contribution in [0.3, 0.4) is 0 Å². The van der Waals surface area contributed by atoms with Gasteiger partial charge in [-0.05, 0) is 17.7 Å². The number of hydrogen-bond acceptors (Lipinski definition) is 5. The van der Waals surface area contributed by atoms with Crippen LogP contribution in [0.25, 0.3) is 21.3 Å². The lowest BCUT2D eigenvalue weighted by molar-refractivity contribution is 0.304. The predicted octanol–water partition coefficient (Wildman–Crippen LogP) is 2.93. The van der Waals surface area contributed by atoms with E-state index in [9.17, 15) is 4.39 Å². The van der Waals surface area contributed by atoms with Crippen LogP contribution >= 0.6 is 11.3 Å². The SMILES string of the molecule is CN(CCO)c1ncnc2scc(-c3ccc(F)cc3)c12. The zero-order valence-corrected chi connectivity index (χ0v) is 12.3. The monoisotopic (exact) mass is 303 g/mol. The molecule has 2 aromatic heterocycles. The first-order valence-corrected chi connectivity index (χ1v) is 7.39. The molecule has 1 aromatic carbocycles. The fourth-order valence-corrected chi connectivity index (χ4v) is 3.16. The standard InChI is InChI=1S/C15H14FN3OS/c1-19(6-7-20)14-13-12(8-21-15(13)18-9-17-14)10-2-4-11(16)5-3-10/h2-5,8-9,20H,6-7H2,1H3. The third kappa shape index (κ3) is 2.59. The summed E-state index contributed by atoms with van der Waals surface area (Å²) in [6.45, 7) is 0.544. The molecule has 108 valence electrons. The second-order valence-corrected chi connectivity index (χ2v) is 5.54. The fourth-order valence-electron chi connectivity index (χ4n) is 2.25. The third-order valence-corrected chi connectivity index (χ3v) is 4.19. The molecule has 21 heavy (non-hydrogen) atoms. The van der Waals surface area contributed by atoms with Crippen LogP contribution in [0, 0.1) is 5.82 Å². The molecule has 0 amide bonds. The van der Waals surface area contributed by atoms with Crippen LogP contribution in [-0.2, 0) is 0 Å². The Hall–Kier alpha value is -2.05. The Labute approximate surface area is 125 Å². The smallest absolute Gasteiger partial charge is 0.141 e. The molecule has 6 heteroatoms. The molecule has 0 atom stereocenters. The highest BCUT2D eigenvalue weighted by Gasteiger charge is 2.15. The second kappa shape index (κ2) is 5.75. The number of anilines is 1. The first-order valence-electron chi connectivity index (χ1n) is 6.51. The molecule has 1 N–H and O–H groups in total. The first kappa shape index (κ1) is 13.9. The van der Waals surface area contributed by atoms with E-state index >= 15 is 0 Å². The predicted molar refractivity (Wildman–Crippen MR) is 83.2 cm³/mol. The molecule has 0 saturated carbocycles. The average Bonchev–Trinajstić information content (AvgIpc) is 2.92. The fraction of sp³-hybridized carbons (Fsp3) is 0.200. The number of fused-ring (bicyclic) bond motifs is 1. The number of rotatable bonds is 4. The van der Waals surface area contributed by atoms with Gasteiger partial charge in [-0.25, -0.2) is 14.4 Å². The van der Waals surface area contributed by atoms with Crippen LogP contribution in [0.15, 0.2) is 36.0 Å². The highest BCUT2D eigenvalue weighted by Crippen LogP contribution is 2.37. The summed E-state index contributed by atoms with van der Waals surface area (Å²) in [5.74, 6) is 0.516. The minimum atomic E-state index is -0.257. The molecule has 0 radical (unpaired) electrons. The molecule has 0 aliphatic heterocycles. The quantitative estimate of drug-likeness (QED) is 0.805. The zero-order chi connectivity index (χ0) is 14.8. The molecule has 0 unspecified atom stereocenters. The maximum absolute atomic E-state index is 13.1. The topological polar surface area (TPSA) is 49.2 Å². The summed E-state index contributed by atoms with van der Waals surface area (Å²) in [4.78, 5) is 11.4. The van der Waals surface area contributed by atoms with E-state index in [1.807, 2.05) is 17.3 Å². The summed E-state index contributed by atoms with van der Waals surface area (Å²) in [5, 5.41) is 12.1. The highest BCUT2D eigenvalue weighted by molar-refractivity contribution is 7.17. The largest absolute Gasteiger partial charge is 0.395 e. The maximum Gasteiger partial charge on any atom is 0.141 e. The summed E-state index contributed by atoms with van der Waals surface area (Å²) in [7, 11) is 1.88. The van der Waals surface area contributed by atoms with Crippen molar-refractivity contribution in [3.05, 3.63) is 41.8 Å². The molecule has 0 spiro atoms. The van der Waals surface area contributed by atoms with Gasteiger partial charge in [0.15, 0.2) is 0 Å². The summed E-state index contributed by atoms with van der Waals surface area (Å²) in [5.41, 5.74) is 1.91. The van der Waals surface area contributed by atoms with Gasteiger partial charge in [0.25, 0.3) is 0 Å². The Kier molecular flexibility index (Phi) is 3.81. The van der Waals surface area contributed by atoms with E-state index in [-0.39, 0.29) is 12.4 Å². The van der Waals surface area contributed by atoms with Crippen molar-refractivity contribution in [3.63, 3.8) is 0 Å². The minimum Gasteiger partial charge on any atom is -0.395 e. The third-order valence-electron chi connectivity index (χ3n) is 3.30.